The quantitative estimate of drug-likeness (QED) is 0.780. The lowest BCUT2D eigenvalue weighted by atomic mass is 10.2. The van der Waals surface area contributed by atoms with Gasteiger partial charge < -0.3 is 29.2 Å². The first-order valence-corrected chi connectivity index (χ1v) is 9.16. The maximum Gasteiger partial charge on any atom is 0.260 e. The van der Waals surface area contributed by atoms with E-state index < -0.39 is 0 Å². The average Bonchev–Trinajstić information content (AvgIpc) is 3.02. The van der Waals surface area contributed by atoms with Gasteiger partial charge >= 0.3 is 0 Å². The number of fused-ring (bicyclic) bond motifs is 1. The van der Waals surface area contributed by atoms with E-state index in [4.69, 9.17) is 18.9 Å². The second-order valence-electron chi connectivity index (χ2n) is 5.76. The monoisotopic (exact) mass is 390 g/mol. The van der Waals surface area contributed by atoms with Crippen molar-refractivity contribution in [1.29, 1.82) is 0 Å². The molecule has 144 valence electrons. The van der Waals surface area contributed by atoms with E-state index in [0.29, 0.717) is 5.75 Å². The van der Waals surface area contributed by atoms with Crippen molar-refractivity contribution in [2.45, 2.75) is 10.4 Å². The SMILES string of the molecule is COc1ccc(OCC(=O)NC2Sc3c(OC)ccc(OC)c3N2C)cc1. The highest BCUT2D eigenvalue weighted by atomic mass is 32.2. The number of methoxy groups -OCH3 is 3. The van der Waals surface area contributed by atoms with Crippen LogP contribution in [0.25, 0.3) is 0 Å². The molecule has 7 nitrogen and oxygen atoms in total. The van der Waals surface area contributed by atoms with E-state index in [9.17, 15) is 4.79 Å². The molecule has 1 N–H and O–H groups in total. The summed E-state index contributed by atoms with van der Waals surface area (Å²) in [5.41, 5.74) is 0.611. The molecule has 0 bridgehead atoms. The van der Waals surface area contributed by atoms with Gasteiger partial charge in [0.05, 0.1) is 31.9 Å². The van der Waals surface area contributed by atoms with Gasteiger partial charge in [0.2, 0.25) is 0 Å². The third-order valence-corrected chi connectivity index (χ3v) is 5.43. The largest absolute Gasteiger partial charge is 0.497 e. The van der Waals surface area contributed by atoms with Crippen LogP contribution in [-0.2, 0) is 4.79 Å². The van der Waals surface area contributed by atoms with E-state index in [-0.39, 0.29) is 18.0 Å². The fourth-order valence-electron chi connectivity index (χ4n) is 2.74. The fraction of sp³-hybridized carbons (Fsp3) is 0.316. The van der Waals surface area contributed by atoms with Gasteiger partial charge in [-0.15, -0.1) is 0 Å². The summed E-state index contributed by atoms with van der Waals surface area (Å²) in [4.78, 5) is 15.2. The van der Waals surface area contributed by atoms with Gasteiger partial charge in [-0.3, -0.25) is 4.79 Å². The van der Waals surface area contributed by atoms with E-state index in [1.807, 2.05) is 24.1 Å². The van der Waals surface area contributed by atoms with Crippen LogP contribution < -0.4 is 29.2 Å². The Kier molecular flexibility index (Phi) is 5.85. The number of hydrogen-bond donors (Lipinski definition) is 1. The van der Waals surface area contributed by atoms with Gasteiger partial charge in [-0.25, -0.2) is 0 Å². The topological polar surface area (TPSA) is 69.3 Å². The lowest BCUT2D eigenvalue weighted by Crippen LogP contribution is -2.43. The van der Waals surface area contributed by atoms with E-state index in [1.165, 1.54) is 11.8 Å². The van der Waals surface area contributed by atoms with Crippen molar-refractivity contribution in [2.75, 3.05) is 39.9 Å². The van der Waals surface area contributed by atoms with Crippen LogP contribution in [0.3, 0.4) is 0 Å². The molecule has 0 fully saturated rings. The van der Waals surface area contributed by atoms with Gasteiger partial charge in [0.1, 0.15) is 23.0 Å². The summed E-state index contributed by atoms with van der Waals surface area (Å²) in [6.07, 6.45) is 0. The fourth-order valence-corrected chi connectivity index (χ4v) is 4.04. The van der Waals surface area contributed by atoms with Gasteiger partial charge in [-0.1, -0.05) is 11.8 Å². The molecular weight excluding hydrogens is 368 g/mol. The molecule has 8 heteroatoms. The van der Waals surface area contributed by atoms with Gasteiger partial charge in [-0.2, -0.15) is 0 Å². The molecule has 0 aromatic heterocycles. The lowest BCUT2D eigenvalue weighted by Gasteiger charge is -2.23. The highest BCUT2D eigenvalue weighted by Crippen LogP contribution is 2.51. The molecule has 1 aliphatic rings. The Hall–Kier alpha value is -2.74. The molecule has 0 saturated carbocycles. The summed E-state index contributed by atoms with van der Waals surface area (Å²) in [5.74, 6) is 2.59. The smallest absolute Gasteiger partial charge is 0.260 e. The molecule has 0 radical (unpaired) electrons. The number of anilines is 1. The van der Waals surface area contributed by atoms with Crippen LogP contribution in [0, 0.1) is 0 Å². The Morgan fingerprint density at radius 3 is 2.26 bits per heavy atom. The number of benzene rings is 2. The van der Waals surface area contributed by atoms with Crippen LogP contribution in [0.1, 0.15) is 0 Å². The van der Waals surface area contributed by atoms with E-state index in [2.05, 4.69) is 5.32 Å². The minimum Gasteiger partial charge on any atom is -0.497 e. The number of thioether (sulfide) groups is 1. The zero-order chi connectivity index (χ0) is 19.4. The normalized spacial score (nSPS) is 15.1. The Bertz CT molecular complexity index is 812. The van der Waals surface area contributed by atoms with Crippen molar-refractivity contribution < 1.29 is 23.7 Å². The minimum absolute atomic E-state index is 0.0815. The van der Waals surface area contributed by atoms with Crippen molar-refractivity contribution in [3.05, 3.63) is 36.4 Å². The molecule has 1 heterocycles. The Morgan fingerprint density at radius 1 is 1.00 bits per heavy atom. The number of nitrogens with one attached hydrogen (secondary N) is 1. The first kappa shape index (κ1) is 19.0. The standard InChI is InChI=1S/C19H22N2O5S/c1-21-17-14(24-3)9-10-15(25-4)18(17)27-19(21)20-16(22)11-26-13-7-5-12(23-2)6-8-13/h5-10,19H,11H2,1-4H3,(H,20,22). The maximum atomic E-state index is 12.3. The molecular formula is C19H22N2O5S. The van der Waals surface area contributed by atoms with E-state index >= 15 is 0 Å². The second-order valence-corrected chi connectivity index (χ2v) is 6.85. The third-order valence-electron chi connectivity index (χ3n) is 4.15. The maximum absolute atomic E-state index is 12.3. The van der Waals surface area contributed by atoms with E-state index in [0.717, 1.165) is 27.8 Å². The summed E-state index contributed by atoms with van der Waals surface area (Å²) in [7, 11) is 6.74. The van der Waals surface area contributed by atoms with Crippen LogP contribution in [0.15, 0.2) is 41.3 Å². The lowest BCUT2D eigenvalue weighted by molar-refractivity contribution is -0.123. The molecule has 1 atom stereocenters. The predicted octanol–water partition coefficient (Wildman–Crippen LogP) is 2.73. The average molecular weight is 390 g/mol. The Balaban J connectivity index is 1.63. The summed E-state index contributed by atoms with van der Waals surface area (Å²) in [6.45, 7) is -0.0815. The van der Waals surface area contributed by atoms with Gasteiger partial charge in [0.15, 0.2) is 12.1 Å². The highest BCUT2D eigenvalue weighted by molar-refractivity contribution is 8.00. The number of hydrogen-bond acceptors (Lipinski definition) is 7. The molecule has 2 aromatic carbocycles. The molecule has 27 heavy (non-hydrogen) atoms. The third kappa shape index (κ3) is 4.00. The first-order valence-electron chi connectivity index (χ1n) is 8.28. The Labute approximate surface area is 162 Å². The number of nitrogens with zero attached hydrogens (tertiary/aromatic N) is 1. The minimum atomic E-state index is -0.280. The van der Waals surface area contributed by atoms with Crippen molar-refractivity contribution in [2.24, 2.45) is 0 Å². The molecule has 3 rings (SSSR count). The van der Waals surface area contributed by atoms with Crippen LogP contribution in [0.5, 0.6) is 23.0 Å². The molecule has 1 unspecified atom stereocenters. The summed E-state index contributed by atoms with van der Waals surface area (Å²) < 4.78 is 21.5. The van der Waals surface area contributed by atoms with Crippen LogP contribution in [0.4, 0.5) is 5.69 Å². The summed E-state index contributed by atoms with van der Waals surface area (Å²) in [6, 6.07) is 10.8. The molecule has 0 saturated heterocycles. The zero-order valence-corrected chi connectivity index (χ0v) is 16.5. The number of ether oxygens (including phenoxy) is 4. The zero-order valence-electron chi connectivity index (χ0n) is 15.6. The second kappa shape index (κ2) is 8.30. The number of amides is 1. The molecule has 1 aliphatic heterocycles. The van der Waals surface area contributed by atoms with Crippen LogP contribution in [0.2, 0.25) is 0 Å². The first-order chi connectivity index (χ1) is 13.1. The molecule has 0 aliphatic carbocycles. The van der Waals surface area contributed by atoms with Crippen molar-refractivity contribution in [3.8, 4) is 23.0 Å². The number of rotatable bonds is 7. The number of carbonyl (C=O) groups is 1. The Morgan fingerprint density at radius 2 is 1.63 bits per heavy atom. The summed E-state index contributed by atoms with van der Waals surface area (Å²) >= 11 is 1.50. The van der Waals surface area contributed by atoms with E-state index in [1.54, 1.807) is 45.6 Å². The highest BCUT2D eigenvalue weighted by Gasteiger charge is 2.34. The molecule has 2 aromatic rings. The number of carbonyl (C=O) groups excluding carboxylic acids is 1. The van der Waals surface area contributed by atoms with Crippen molar-refractivity contribution >= 4 is 23.4 Å². The van der Waals surface area contributed by atoms with Gasteiger partial charge in [0, 0.05) is 7.05 Å². The van der Waals surface area contributed by atoms with Crippen molar-refractivity contribution in [1.82, 2.24) is 5.32 Å². The van der Waals surface area contributed by atoms with Crippen LogP contribution in [-0.4, -0.2) is 46.4 Å². The summed E-state index contributed by atoms with van der Waals surface area (Å²) in [5, 5.41) is 2.96. The van der Waals surface area contributed by atoms with Gasteiger partial charge in [-0.05, 0) is 36.4 Å². The predicted molar refractivity (Wildman–Crippen MR) is 104 cm³/mol. The molecule has 1 amide bonds. The van der Waals surface area contributed by atoms with Crippen LogP contribution >= 0.6 is 11.8 Å². The van der Waals surface area contributed by atoms with Crippen molar-refractivity contribution in [3.63, 3.8) is 0 Å². The molecule has 0 spiro atoms. The van der Waals surface area contributed by atoms with Gasteiger partial charge in [0.25, 0.3) is 5.91 Å².